The van der Waals surface area contributed by atoms with E-state index < -0.39 is 0 Å². The van der Waals surface area contributed by atoms with Gasteiger partial charge in [-0.2, -0.15) is 0 Å². The molecular weight excluding hydrogens is 281 g/mol. The summed E-state index contributed by atoms with van der Waals surface area (Å²) in [6, 6.07) is 5.63. The van der Waals surface area contributed by atoms with Gasteiger partial charge in [0.25, 0.3) is 0 Å². The van der Waals surface area contributed by atoms with Crippen molar-refractivity contribution in [3.63, 3.8) is 0 Å². The van der Waals surface area contributed by atoms with E-state index in [1.807, 2.05) is 12.1 Å². The average molecular weight is 302 g/mol. The SMILES string of the molecule is CN=C(NCCCF)NCCc1ccc(OC)cc1Cl. The van der Waals surface area contributed by atoms with E-state index >= 15 is 0 Å². The lowest BCUT2D eigenvalue weighted by Crippen LogP contribution is -2.38. The van der Waals surface area contributed by atoms with Crippen LogP contribution in [0, 0.1) is 0 Å². The maximum Gasteiger partial charge on any atom is 0.190 e. The lowest BCUT2D eigenvalue weighted by Gasteiger charge is -2.12. The zero-order chi connectivity index (χ0) is 14.8. The van der Waals surface area contributed by atoms with Crippen LogP contribution in [0.15, 0.2) is 23.2 Å². The van der Waals surface area contributed by atoms with Gasteiger partial charge in [-0.25, -0.2) is 0 Å². The third-order valence-corrected chi connectivity index (χ3v) is 3.13. The van der Waals surface area contributed by atoms with E-state index in [4.69, 9.17) is 16.3 Å². The lowest BCUT2D eigenvalue weighted by molar-refractivity contribution is 0.414. The monoisotopic (exact) mass is 301 g/mol. The molecule has 0 unspecified atom stereocenters. The summed E-state index contributed by atoms with van der Waals surface area (Å²) in [7, 11) is 3.30. The average Bonchev–Trinajstić information content (AvgIpc) is 2.47. The van der Waals surface area contributed by atoms with Crippen molar-refractivity contribution in [2.24, 2.45) is 4.99 Å². The summed E-state index contributed by atoms with van der Waals surface area (Å²) in [5, 5.41) is 6.88. The first-order valence-corrected chi connectivity index (χ1v) is 6.92. The molecule has 1 aromatic carbocycles. The Morgan fingerprint density at radius 3 is 2.70 bits per heavy atom. The molecule has 0 bridgehead atoms. The van der Waals surface area contributed by atoms with Crippen LogP contribution in [-0.2, 0) is 6.42 Å². The van der Waals surface area contributed by atoms with E-state index in [0.29, 0.717) is 30.5 Å². The molecule has 20 heavy (non-hydrogen) atoms. The van der Waals surface area contributed by atoms with Gasteiger partial charge in [-0.3, -0.25) is 9.38 Å². The fourth-order valence-electron chi connectivity index (χ4n) is 1.67. The van der Waals surface area contributed by atoms with Gasteiger partial charge in [0.15, 0.2) is 5.96 Å². The number of methoxy groups -OCH3 is 1. The largest absolute Gasteiger partial charge is 0.497 e. The van der Waals surface area contributed by atoms with Crippen molar-refractivity contribution in [3.05, 3.63) is 28.8 Å². The van der Waals surface area contributed by atoms with Crippen LogP contribution in [0.3, 0.4) is 0 Å². The van der Waals surface area contributed by atoms with Crippen molar-refractivity contribution in [2.75, 3.05) is 33.9 Å². The van der Waals surface area contributed by atoms with Crippen LogP contribution in [0.25, 0.3) is 0 Å². The van der Waals surface area contributed by atoms with Crippen LogP contribution < -0.4 is 15.4 Å². The Balaban J connectivity index is 2.39. The molecular formula is C14H21ClFN3O. The molecule has 0 fully saturated rings. The number of nitrogens with zero attached hydrogens (tertiary/aromatic N) is 1. The number of hydrogen-bond acceptors (Lipinski definition) is 2. The molecule has 0 atom stereocenters. The quantitative estimate of drug-likeness (QED) is 0.462. The highest BCUT2D eigenvalue weighted by molar-refractivity contribution is 6.31. The van der Waals surface area contributed by atoms with Crippen LogP contribution in [0.1, 0.15) is 12.0 Å². The van der Waals surface area contributed by atoms with E-state index in [1.165, 1.54) is 0 Å². The summed E-state index contributed by atoms with van der Waals surface area (Å²) in [5.41, 5.74) is 1.04. The number of hydrogen-bond donors (Lipinski definition) is 2. The van der Waals surface area contributed by atoms with Gasteiger partial charge < -0.3 is 15.4 Å². The Labute approximate surface area is 124 Å². The topological polar surface area (TPSA) is 45.7 Å². The smallest absolute Gasteiger partial charge is 0.190 e. The van der Waals surface area contributed by atoms with E-state index in [1.54, 1.807) is 20.2 Å². The van der Waals surface area contributed by atoms with Crippen molar-refractivity contribution in [3.8, 4) is 5.75 Å². The molecule has 2 N–H and O–H groups in total. The summed E-state index contributed by atoms with van der Waals surface area (Å²) in [5.74, 6) is 1.42. The first-order valence-electron chi connectivity index (χ1n) is 6.54. The van der Waals surface area contributed by atoms with Gasteiger partial charge in [0, 0.05) is 25.2 Å². The Hall–Kier alpha value is -1.49. The standard InChI is InChI=1S/C14H21ClFN3O/c1-17-14(18-8-3-7-16)19-9-6-11-4-5-12(20-2)10-13(11)15/h4-5,10H,3,6-9H2,1-2H3,(H2,17,18,19). The minimum atomic E-state index is -0.328. The maximum atomic E-state index is 12.0. The van der Waals surface area contributed by atoms with Crippen LogP contribution in [0.5, 0.6) is 5.75 Å². The Bertz CT molecular complexity index is 440. The maximum absolute atomic E-state index is 12.0. The molecule has 0 aliphatic heterocycles. The molecule has 1 rings (SSSR count). The number of alkyl halides is 1. The van der Waals surface area contributed by atoms with Crippen LogP contribution >= 0.6 is 11.6 Å². The van der Waals surface area contributed by atoms with Gasteiger partial charge in [0.1, 0.15) is 5.75 Å². The van der Waals surface area contributed by atoms with Crippen molar-refractivity contribution in [2.45, 2.75) is 12.8 Å². The normalized spacial score (nSPS) is 11.3. The second-order valence-corrected chi connectivity index (χ2v) is 4.58. The van der Waals surface area contributed by atoms with E-state index in [9.17, 15) is 4.39 Å². The molecule has 0 aliphatic rings. The van der Waals surface area contributed by atoms with Gasteiger partial charge in [-0.05, 0) is 30.5 Å². The molecule has 4 nitrogen and oxygen atoms in total. The molecule has 1 aromatic rings. The van der Waals surface area contributed by atoms with Crippen molar-refractivity contribution >= 4 is 17.6 Å². The molecule has 0 aliphatic carbocycles. The summed E-state index contributed by atoms with van der Waals surface area (Å²) in [6.45, 7) is 0.937. The van der Waals surface area contributed by atoms with Crippen LogP contribution in [0.2, 0.25) is 5.02 Å². The highest BCUT2D eigenvalue weighted by atomic mass is 35.5. The highest BCUT2D eigenvalue weighted by Crippen LogP contribution is 2.22. The number of aliphatic imine (C=N–C) groups is 1. The highest BCUT2D eigenvalue weighted by Gasteiger charge is 2.03. The third-order valence-electron chi connectivity index (χ3n) is 2.77. The minimum absolute atomic E-state index is 0.328. The third kappa shape index (κ3) is 5.65. The number of halogens is 2. The van der Waals surface area contributed by atoms with Gasteiger partial charge in [-0.1, -0.05) is 17.7 Å². The molecule has 0 heterocycles. The summed E-state index contributed by atoms with van der Waals surface area (Å²) < 4.78 is 17.1. The Kier molecular flexibility index (Phi) is 7.80. The number of nitrogens with one attached hydrogen (secondary N) is 2. The molecule has 0 saturated carbocycles. The molecule has 0 amide bonds. The minimum Gasteiger partial charge on any atom is -0.497 e. The van der Waals surface area contributed by atoms with Crippen molar-refractivity contribution in [1.29, 1.82) is 0 Å². The molecule has 6 heteroatoms. The number of guanidine groups is 1. The number of benzene rings is 1. The number of ether oxygens (including phenoxy) is 1. The van der Waals surface area contributed by atoms with E-state index in [2.05, 4.69) is 15.6 Å². The summed E-state index contributed by atoms with van der Waals surface area (Å²) in [4.78, 5) is 4.06. The zero-order valence-electron chi connectivity index (χ0n) is 11.9. The zero-order valence-corrected chi connectivity index (χ0v) is 12.6. The van der Waals surface area contributed by atoms with Gasteiger partial charge >= 0.3 is 0 Å². The van der Waals surface area contributed by atoms with Gasteiger partial charge in [-0.15, -0.1) is 0 Å². The van der Waals surface area contributed by atoms with E-state index in [0.717, 1.165) is 17.7 Å². The molecule has 0 aromatic heterocycles. The lowest BCUT2D eigenvalue weighted by atomic mass is 10.1. The first-order chi connectivity index (χ1) is 9.71. The molecule has 0 radical (unpaired) electrons. The summed E-state index contributed by atoms with van der Waals surface area (Å²) >= 11 is 6.16. The fourth-order valence-corrected chi connectivity index (χ4v) is 1.93. The number of rotatable bonds is 7. The second kappa shape index (κ2) is 9.42. The molecule has 0 saturated heterocycles. The van der Waals surface area contributed by atoms with Crippen molar-refractivity contribution in [1.82, 2.24) is 10.6 Å². The van der Waals surface area contributed by atoms with E-state index in [-0.39, 0.29) is 6.67 Å². The van der Waals surface area contributed by atoms with Crippen LogP contribution in [-0.4, -0.2) is 39.9 Å². The van der Waals surface area contributed by atoms with Gasteiger partial charge in [0.2, 0.25) is 0 Å². The van der Waals surface area contributed by atoms with Crippen LogP contribution in [0.4, 0.5) is 4.39 Å². The van der Waals surface area contributed by atoms with Crippen molar-refractivity contribution < 1.29 is 9.13 Å². The predicted octanol–water partition coefficient (Wildman–Crippen LogP) is 2.42. The molecule has 112 valence electrons. The second-order valence-electron chi connectivity index (χ2n) is 4.18. The first kappa shape index (κ1) is 16.6. The molecule has 0 spiro atoms. The Morgan fingerprint density at radius 1 is 1.35 bits per heavy atom. The fraction of sp³-hybridized carbons (Fsp3) is 0.500. The predicted molar refractivity (Wildman–Crippen MR) is 81.7 cm³/mol. The summed E-state index contributed by atoms with van der Waals surface area (Å²) in [6.07, 6.45) is 1.25. The van der Waals surface area contributed by atoms with Gasteiger partial charge in [0.05, 0.1) is 13.8 Å². The Morgan fingerprint density at radius 2 is 2.10 bits per heavy atom.